The molecule has 5 nitrogen and oxygen atoms in total. The first-order chi connectivity index (χ1) is 12.5. The predicted molar refractivity (Wildman–Crippen MR) is 102 cm³/mol. The van der Waals surface area contributed by atoms with Crippen molar-refractivity contribution in [3.05, 3.63) is 65.7 Å². The molecule has 0 saturated carbocycles. The summed E-state index contributed by atoms with van der Waals surface area (Å²) in [6.45, 7) is 4.36. The third kappa shape index (κ3) is 6.24. The van der Waals surface area contributed by atoms with E-state index in [1.165, 1.54) is 6.92 Å². The standard InChI is InChI=1S/C21H26N2O3/c1-16-9-11-18(12-10-16)20(22-17(2)24)15-21(25)23(3)13-14-26-19-7-5-4-6-8-19/h4-12,20H,13-15H2,1-3H3,(H,22,24). The van der Waals surface area contributed by atoms with E-state index in [0.29, 0.717) is 13.2 Å². The number of aryl methyl sites for hydroxylation is 1. The Morgan fingerprint density at radius 1 is 1.08 bits per heavy atom. The Morgan fingerprint density at radius 3 is 2.35 bits per heavy atom. The van der Waals surface area contributed by atoms with Gasteiger partial charge in [-0.2, -0.15) is 0 Å². The lowest BCUT2D eigenvalue weighted by Crippen LogP contribution is -2.35. The molecular formula is C21H26N2O3. The van der Waals surface area contributed by atoms with Crippen LogP contribution in [0.3, 0.4) is 0 Å². The van der Waals surface area contributed by atoms with Crippen LogP contribution in [0.1, 0.15) is 30.5 Å². The highest BCUT2D eigenvalue weighted by molar-refractivity contribution is 5.79. The van der Waals surface area contributed by atoms with Crippen molar-refractivity contribution < 1.29 is 14.3 Å². The van der Waals surface area contributed by atoms with Crippen LogP contribution in [0.5, 0.6) is 5.75 Å². The lowest BCUT2D eigenvalue weighted by Gasteiger charge is -2.23. The van der Waals surface area contributed by atoms with Crippen LogP contribution < -0.4 is 10.1 Å². The molecule has 2 aromatic rings. The van der Waals surface area contributed by atoms with Gasteiger partial charge in [-0.15, -0.1) is 0 Å². The van der Waals surface area contributed by atoms with E-state index in [1.807, 2.05) is 61.5 Å². The minimum atomic E-state index is -0.335. The second kappa shape index (κ2) is 9.61. The first kappa shape index (κ1) is 19.5. The number of benzene rings is 2. The minimum Gasteiger partial charge on any atom is -0.492 e. The second-order valence-electron chi connectivity index (χ2n) is 6.34. The first-order valence-corrected chi connectivity index (χ1v) is 8.71. The highest BCUT2D eigenvalue weighted by Gasteiger charge is 2.19. The monoisotopic (exact) mass is 354 g/mol. The Labute approximate surface area is 155 Å². The summed E-state index contributed by atoms with van der Waals surface area (Å²) >= 11 is 0. The maximum absolute atomic E-state index is 12.5. The molecule has 1 unspecified atom stereocenters. The Balaban J connectivity index is 1.90. The number of carbonyl (C=O) groups is 2. The van der Waals surface area contributed by atoms with E-state index < -0.39 is 0 Å². The quantitative estimate of drug-likeness (QED) is 0.792. The van der Waals surface area contributed by atoms with E-state index >= 15 is 0 Å². The molecule has 26 heavy (non-hydrogen) atoms. The molecule has 2 aromatic carbocycles. The van der Waals surface area contributed by atoms with Crippen LogP contribution in [0.2, 0.25) is 0 Å². The molecule has 0 heterocycles. The number of hydrogen-bond acceptors (Lipinski definition) is 3. The third-order valence-corrected chi connectivity index (χ3v) is 4.10. The summed E-state index contributed by atoms with van der Waals surface area (Å²) in [5.41, 5.74) is 2.06. The van der Waals surface area contributed by atoms with Gasteiger partial charge in [0.1, 0.15) is 12.4 Å². The molecular weight excluding hydrogens is 328 g/mol. The Morgan fingerprint density at radius 2 is 1.73 bits per heavy atom. The largest absolute Gasteiger partial charge is 0.492 e. The van der Waals surface area contributed by atoms with Crippen molar-refractivity contribution in [2.24, 2.45) is 0 Å². The fourth-order valence-corrected chi connectivity index (χ4v) is 2.57. The third-order valence-electron chi connectivity index (χ3n) is 4.10. The number of para-hydroxylation sites is 1. The van der Waals surface area contributed by atoms with Crippen molar-refractivity contribution in [2.75, 3.05) is 20.2 Å². The zero-order chi connectivity index (χ0) is 18.9. The average molecular weight is 354 g/mol. The van der Waals surface area contributed by atoms with Crippen molar-refractivity contribution in [2.45, 2.75) is 26.3 Å². The molecule has 0 saturated heterocycles. The number of amides is 2. The van der Waals surface area contributed by atoms with E-state index in [1.54, 1.807) is 11.9 Å². The minimum absolute atomic E-state index is 0.0408. The summed E-state index contributed by atoms with van der Waals surface area (Å²) in [7, 11) is 1.75. The van der Waals surface area contributed by atoms with Crippen LogP contribution in [0.25, 0.3) is 0 Å². The van der Waals surface area contributed by atoms with Crippen LogP contribution >= 0.6 is 0 Å². The first-order valence-electron chi connectivity index (χ1n) is 8.71. The molecule has 0 aliphatic carbocycles. The Bertz CT molecular complexity index is 714. The van der Waals surface area contributed by atoms with E-state index in [-0.39, 0.29) is 24.3 Å². The molecule has 0 radical (unpaired) electrons. The van der Waals surface area contributed by atoms with E-state index in [0.717, 1.165) is 16.9 Å². The van der Waals surface area contributed by atoms with Crippen molar-refractivity contribution in [3.8, 4) is 5.75 Å². The lowest BCUT2D eigenvalue weighted by molar-refractivity contribution is -0.131. The smallest absolute Gasteiger partial charge is 0.224 e. The van der Waals surface area contributed by atoms with E-state index in [9.17, 15) is 9.59 Å². The van der Waals surface area contributed by atoms with Gasteiger partial charge in [0.15, 0.2) is 0 Å². The lowest BCUT2D eigenvalue weighted by atomic mass is 10.0. The van der Waals surface area contributed by atoms with Gasteiger partial charge in [-0.1, -0.05) is 48.0 Å². The molecule has 0 aliphatic heterocycles. The van der Waals surface area contributed by atoms with Gasteiger partial charge in [0.2, 0.25) is 11.8 Å². The molecule has 0 fully saturated rings. The molecule has 0 bridgehead atoms. The zero-order valence-electron chi connectivity index (χ0n) is 15.6. The molecule has 0 aliphatic rings. The number of nitrogens with one attached hydrogen (secondary N) is 1. The molecule has 5 heteroatoms. The van der Waals surface area contributed by atoms with Crippen molar-refractivity contribution >= 4 is 11.8 Å². The van der Waals surface area contributed by atoms with Gasteiger partial charge in [-0.25, -0.2) is 0 Å². The molecule has 2 rings (SSSR count). The number of likely N-dealkylation sites (N-methyl/N-ethyl adjacent to an activating group) is 1. The Kier molecular flexibility index (Phi) is 7.21. The van der Waals surface area contributed by atoms with Gasteiger partial charge in [0, 0.05) is 14.0 Å². The van der Waals surface area contributed by atoms with Gasteiger partial charge in [0.25, 0.3) is 0 Å². The summed E-state index contributed by atoms with van der Waals surface area (Å²) in [4.78, 5) is 25.7. The number of hydrogen-bond donors (Lipinski definition) is 1. The second-order valence-corrected chi connectivity index (χ2v) is 6.34. The molecule has 2 amide bonds. The summed E-state index contributed by atoms with van der Waals surface area (Å²) in [5.74, 6) is 0.587. The number of carbonyl (C=O) groups excluding carboxylic acids is 2. The molecule has 0 spiro atoms. The van der Waals surface area contributed by atoms with Crippen molar-refractivity contribution in [1.82, 2.24) is 10.2 Å². The van der Waals surface area contributed by atoms with Gasteiger partial charge in [-0.05, 0) is 24.6 Å². The molecule has 1 atom stereocenters. The average Bonchev–Trinajstić information content (AvgIpc) is 2.62. The van der Waals surface area contributed by atoms with Gasteiger partial charge in [0.05, 0.1) is 19.0 Å². The van der Waals surface area contributed by atoms with Crippen LogP contribution in [0.15, 0.2) is 54.6 Å². The number of ether oxygens (including phenoxy) is 1. The summed E-state index contributed by atoms with van der Waals surface area (Å²) in [6.07, 6.45) is 0.213. The van der Waals surface area contributed by atoms with Crippen molar-refractivity contribution in [3.63, 3.8) is 0 Å². The fourth-order valence-electron chi connectivity index (χ4n) is 2.57. The van der Waals surface area contributed by atoms with Crippen molar-refractivity contribution in [1.29, 1.82) is 0 Å². The van der Waals surface area contributed by atoms with Crippen LogP contribution in [0.4, 0.5) is 0 Å². The summed E-state index contributed by atoms with van der Waals surface area (Å²) in [6, 6.07) is 17.0. The topological polar surface area (TPSA) is 58.6 Å². The normalized spacial score (nSPS) is 11.5. The van der Waals surface area contributed by atoms with Crippen LogP contribution in [0, 0.1) is 6.92 Å². The Hall–Kier alpha value is -2.82. The van der Waals surface area contributed by atoms with Gasteiger partial charge >= 0.3 is 0 Å². The number of nitrogens with zero attached hydrogens (tertiary/aromatic N) is 1. The fraction of sp³-hybridized carbons (Fsp3) is 0.333. The van der Waals surface area contributed by atoms with Gasteiger partial charge < -0.3 is 15.0 Å². The number of rotatable bonds is 8. The highest BCUT2D eigenvalue weighted by Crippen LogP contribution is 2.18. The van der Waals surface area contributed by atoms with E-state index in [2.05, 4.69) is 5.32 Å². The molecule has 138 valence electrons. The van der Waals surface area contributed by atoms with Gasteiger partial charge in [-0.3, -0.25) is 9.59 Å². The maximum Gasteiger partial charge on any atom is 0.224 e. The molecule has 0 aromatic heterocycles. The SMILES string of the molecule is CC(=O)NC(CC(=O)N(C)CCOc1ccccc1)c1ccc(C)cc1. The maximum atomic E-state index is 12.5. The molecule has 1 N–H and O–H groups in total. The highest BCUT2D eigenvalue weighted by atomic mass is 16.5. The predicted octanol–water partition coefficient (Wildman–Crippen LogP) is 3.10. The summed E-state index contributed by atoms with van der Waals surface area (Å²) < 4.78 is 5.63. The zero-order valence-corrected chi connectivity index (χ0v) is 15.6. The van der Waals surface area contributed by atoms with E-state index in [4.69, 9.17) is 4.74 Å². The van der Waals surface area contributed by atoms with Crippen LogP contribution in [-0.4, -0.2) is 36.9 Å². The van der Waals surface area contributed by atoms with Crippen LogP contribution in [-0.2, 0) is 9.59 Å². The summed E-state index contributed by atoms with van der Waals surface area (Å²) in [5, 5.41) is 2.87.